The van der Waals surface area contributed by atoms with Gasteiger partial charge in [0.1, 0.15) is 0 Å². The molecule has 1 aliphatic carbocycles. The van der Waals surface area contributed by atoms with Gasteiger partial charge in [-0.25, -0.2) is 4.79 Å². The zero-order chi connectivity index (χ0) is 18.5. The highest BCUT2D eigenvalue weighted by Crippen LogP contribution is 2.40. The highest BCUT2D eigenvalue weighted by molar-refractivity contribution is 5.81. The van der Waals surface area contributed by atoms with Crippen molar-refractivity contribution in [3.05, 3.63) is 58.7 Å². The summed E-state index contributed by atoms with van der Waals surface area (Å²) >= 11 is 0. The van der Waals surface area contributed by atoms with Crippen LogP contribution in [0.5, 0.6) is 0 Å². The van der Waals surface area contributed by atoms with Crippen LogP contribution in [0.15, 0.2) is 58.7 Å². The molecule has 0 heterocycles. The fraction of sp³-hybridized carbons (Fsp3) is 0.450. The lowest BCUT2D eigenvalue weighted by Gasteiger charge is -2.32. The lowest BCUT2D eigenvalue weighted by Crippen LogP contribution is -2.19. The summed E-state index contributed by atoms with van der Waals surface area (Å²) in [6.45, 7) is 9.94. The van der Waals surface area contributed by atoms with Gasteiger partial charge in [0.2, 0.25) is 0 Å². The molecular weight excluding hydrogens is 272 g/mol. The minimum atomic E-state index is -0.947. The highest BCUT2D eigenvalue weighted by Gasteiger charge is 2.26. The topological polar surface area (TPSA) is 37.3 Å². The van der Waals surface area contributed by atoms with Crippen LogP contribution in [0.3, 0.4) is 0 Å². The van der Waals surface area contributed by atoms with Crippen molar-refractivity contribution in [2.24, 2.45) is 5.41 Å². The van der Waals surface area contributed by atoms with Crippen molar-refractivity contribution in [1.29, 1.82) is 0 Å². The minimum Gasteiger partial charge on any atom is -0.478 e. The number of rotatable bonds is 5. The number of hydrogen-bond donors (Lipinski definition) is 1. The molecule has 0 radical (unpaired) electrons. The quantitative estimate of drug-likeness (QED) is 0.530. The molecule has 0 aliphatic heterocycles. The molecule has 0 saturated carbocycles. The number of carboxylic acid groups (broad SMARTS) is 1. The van der Waals surface area contributed by atoms with Crippen LogP contribution in [0.4, 0.5) is 0 Å². The average Bonchev–Trinajstić information content (AvgIpc) is 2.43. The zero-order valence-electron chi connectivity index (χ0n) is 16.2. The normalized spacial score (nSPS) is 28.2. The second-order valence-corrected chi connectivity index (χ2v) is 6.42. The molecule has 0 saturated heterocycles. The van der Waals surface area contributed by atoms with Crippen molar-refractivity contribution in [2.45, 2.75) is 53.8 Å². The molecule has 2 heteroatoms. The van der Waals surface area contributed by atoms with E-state index in [0.29, 0.717) is 12.0 Å². The van der Waals surface area contributed by atoms with Gasteiger partial charge in [-0.15, -0.1) is 0 Å². The number of aliphatic carboxylic acids is 1. The van der Waals surface area contributed by atoms with Gasteiger partial charge in [-0.1, -0.05) is 55.4 Å². The molecule has 2 atom stereocenters. The molecule has 120 valence electrons. The first-order chi connectivity index (χ1) is 11.0. The van der Waals surface area contributed by atoms with Crippen molar-refractivity contribution < 1.29 is 12.6 Å². The van der Waals surface area contributed by atoms with Gasteiger partial charge in [0.05, 0.1) is 0 Å². The van der Waals surface area contributed by atoms with E-state index < -0.39 is 12.4 Å². The maximum atomic E-state index is 10.6. The van der Waals surface area contributed by atoms with Crippen LogP contribution in [0.25, 0.3) is 0 Å². The van der Waals surface area contributed by atoms with E-state index in [2.05, 4.69) is 19.9 Å². The van der Waals surface area contributed by atoms with E-state index in [-0.39, 0.29) is 11.8 Å². The van der Waals surface area contributed by atoms with E-state index in [1.165, 1.54) is 6.08 Å². The van der Waals surface area contributed by atoms with E-state index in [4.69, 9.17) is 7.85 Å². The average molecular weight is 304 g/mol. The van der Waals surface area contributed by atoms with Crippen molar-refractivity contribution >= 4 is 5.97 Å². The van der Waals surface area contributed by atoms with Crippen molar-refractivity contribution in [2.75, 3.05) is 0 Å². The van der Waals surface area contributed by atoms with Gasteiger partial charge >= 0.3 is 5.97 Å². The summed E-state index contributed by atoms with van der Waals surface area (Å²) < 4.78 is 16.2. The first-order valence-corrected chi connectivity index (χ1v) is 7.54. The van der Waals surface area contributed by atoms with Gasteiger partial charge < -0.3 is 5.11 Å². The van der Waals surface area contributed by atoms with Gasteiger partial charge in [-0.05, 0) is 56.5 Å². The summed E-state index contributed by atoms with van der Waals surface area (Å²) in [5, 5.41) is 8.66. The number of allylic oxidation sites excluding steroid dienone is 9. The largest absolute Gasteiger partial charge is 0.478 e. The Hall–Kier alpha value is -1.83. The molecule has 1 rings (SSSR count). The molecule has 2 nitrogen and oxygen atoms in total. The molecule has 0 aromatic heterocycles. The van der Waals surface area contributed by atoms with Crippen LogP contribution in [0, 0.1) is 5.41 Å². The second kappa shape index (κ2) is 7.98. The van der Waals surface area contributed by atoms with Crippen LogP contribution < -0.4 is 0 Å². The van der Waals surface area contributed by atoms with Crippen LogP contribution in [-0.2, 0) is 4.79 Å². The Morgan fingerprint density at radius 3 is 2.59 bits per heavy atom. The Morgan fingerprint density at radius 2 is 1.95 bits per heavy atom. The fourth-order valence-corrected chi connectivity index (χ4v) is 2.49. The molecule has 22 heavy (non-hydrogen) atoms. The Labute approximate surface area is 137 Å². The van der Waals surface area contributed by atoms with E-state index in [1.807, 2.05) is 32.1 Å². The SMILES string of the molecule is [3H]C1CC(C)(C)C(C=CC(C)=CC=CC(C)=CC(=O)O)=C(C)C1[3H]. The molecule has 1 aliphatic rings. The minimum absolute atomic E-state index is 0.0958. The van der Waals surface area contributed by atoms with Gasteiger partial charge in [0, 0.05) is 8.82 Å². The lowest BCUT2D eigenvalue weighted by molar-refractivity contribution is -0.131. The lowest BCUT2D eigenvalue weighted by atomic mass is 9.72. The standard InChI is InChI=1S/C20H28O2/c1-15(8-6-9-16(2)14-19(21)22)11-12-18-17(3)10-7-13-20(18,4)5/h6,8-9,11-12,14H,7,10,13H2,1-5H3,(H,21,22)/i7T,10T. The molecule has 0 aromatic rings. The summed E-state index contributed by atoms with van der Waals surface area (Å²) in [4.78, 5) is 10.6. The van der Waals surface area contributed by atoms with Crippen molar-refractivity contribution in [3.8, 4) is 0 Å². The highest BCUT2D eigenvalue weighted by atomic mass is 16.4. The Bertz CT molecular complexity index is 634. The molecule has 0 spiro atoms. The van der Waals surface area contributed by atoms with E-state index >= 15 is 0 Å². The molecule has 0 aromatic carbocycles. The van der Waals surface area contributed by atoms with E-state index in [1.54, 1.807) is 13.0 Å². The Kier molecular flexibility index (Phi) is 5.47. The third-order valence-electron chi connectivity index (χ3n) is 3.73. The van der Waals surface area contributed by atoms with Crippen LogP contribution in [-0.4, -0.2) is 11.1 Å². The molecule has 0 amide bonds. The number of carbonyl (C=O) groups is 1. The third-order valence-corrected chi connectivity index (χ3v) is 3.73. The molecule has 0 bridgehead atoms. The summed E-state index contributed by atoms with van der Waals surface area (Å²) in [7, 11) is 0. The predicted molar refractivity (Wildman–Crippen MR) is 93.8 cm³/mol. The monoisotopic (exact) mass is 304 g/mol. The van der Waals surface area contributed by atoms with Crippen molar-refractivity contribution in [3.63, 3.8) is 0 Å². The summed E-state index contributed by atoms with van der Waals surface area (Å²) in [6, 6.07) is 0. The third kappa shape index (κ3) is 5.88. The smallest absolute Gasteiger partial charge is 0.328 e. The van der Waals surface area contributed by atoms with Crippen molar-refractivity contribution in [1.82, 2.24) is 0 Å². The Balaban J connectivity index is 2.93. The summed E-state index contributed by atoms with van der Waals surface area (Å²) in [6.07, 6.45) is 10.6. The Morgan fingerprint density at radius 1 is 1.27 bits per heavy atom. The number of carboxylic acids is 1. The first kappa shape index (κ1) is 15.1. The molecular formula is C20H28O2. The van der Waals surface area contributed by atoms with Gasteiger partial charge in [0.15, 0.2) is 0 Å². The zero-order valence-corrected chi connectivity index (χ0v) is 14.2. The van der Waals surface area contributed by atoms with Crippen LogP contribution in [0.1, 0.15) is 56.6 Å². The van der Waals surface area contributed by atoms with E-state index in [0.717, 1.165) is 16.7 Å². The van der Waals surface area contributed by atoms with Gasteiger partial charge in [0.25, 0.3) is 0 Å². The maximum Gasteiger partial charge on any atom is 0.328 e. The van der Waals surface area contributed by atoms with Gasteiger partial charge in [-0.3, -0.25) is 0 Å². The van der Waals surface area contributed by atoms with E-state index in [9.17, 15) is 4.79 Å². The maximum absolute atomic E-state index is 10.6. The molecule has 1 N–H and O–H groups in total. The summed E-state index contributed by atoms with van der Waals surface area (Å²) in [5.41, 5.74) is 3.75. The van der Waals surface area contributed by atoms with Crippen LogP contribution in [0.2, 0.25) is 0 Å². The molecule has 0 fully saturated rings. The predicted octanol–water partition coefficient (Wildman–Crippen LogP) is 5.60. The number of hydrogen-bond acceptors (Lipinski definition) is 1. The molecule has 2 unspecified atom stereocenters. The second-order valence-electron chi connectivity index (χ2n) is 6.42. The fourth-order valence-electron chi connectivity index (χ4n) is 2.49. The van der Waals surface area contributed by atoms with Gasteiger partial charge in [-0.2, -0.15) is 0 Å². The first-order valence-electron chi connectivity index (χ1n) is 8.70. The summed E-state index contributed by atoms with van der Waals surface area (Å²) in [5.74, 6) is -0.947. The van der Waals surface area contributed by atoms with Crippen LogP contribution >= 0.6 is 0 Å².